The van der Waals surface area contributed by atoms with Gasteiger partial charge in [0.2, 0.25) is 0 Å². The highest BCUT2D eigenvalue weighted by Crippen LogP contribution is 1.96. The number of carbonyl (C=O) groups is 2. The number of esters is 2. The van der Waals surface area contributed by atoms with Gasteiger partial charge in [0, 0.05) is 11.6 Å². The van der Waals surface area contributed by atoms with Crippen LogP contribution < -0.4 is 0 Å². The van der Waals surface area contributed by atoms with Crippen LogP contribution in [0.5, 0.6) is 0 Å². The second kappa shape index (κ2) is 9.51. The third kappa shape index (κ3) is 8.52. The Morgan fingerprint density at radius 3 is 1.86 bits per heavy atom. The predicted molar refractivity (Wildman–Crippen MR) is 53.7 cm³/mol. The van der Waals surface area contributed by atoms with E-state index in [4.69, 9.17) is 0 Å². The highest BCUT2D eigenvalue weighted by Gasteiger charge is 2.00. The van der Waals surface area contributed by atoms with Crippen LogP contribution in [0.3, 0.4) is 0 Å². The van der Waals surface area contributed by atoms with E-state index < -0.39 is 5.97 Å². The van der Waals surface area contributed by atoms with Crippen LogP contribution in [0, 0.1) is 0 Å². The zero-order valence-corrected chi connectivity index (χ0v) is 8.83. The molecule has 0 unspecified atom stereocenters. The van der Waals surface area contributed by atoms with Gasteiger partial charge in [0.1, 0.15) is 0 Å². The summed E-state index contributed by atoms with van der Waals surface area (Å²) in [6, 6.07) is 0. The van der Waals surface area contributed by atoms with Crippen LogP contribution in [0.1, 0.15) is 13.3 Å². The zero-order valence-electron chi connectivity index (χ0n) is 8.83. The topological polar surface area (TPSA) is 52.6 Å². The molecule has 80 valence electrons. The largest absolute Gasteiger partial charge is 0.466 e. The number of carbonyl (C=O) groups excluding carboxylic acids is 2. The summed E-state index contributed by atoms with van der Waals surface area (Å²) in [5.74, 6) is -0.706. The van der Waals surface area contributed by atoms with Crippen molar-refractivity contribution < 1.29 is 19.1 Å². The Balaban J connectivity index is 0. The average molecular weight is 200 g/mol. The SMILES string of the molecule is C=C(CC)C(=O)OC.C=CC(=O)OC. The summed E-state index contributed by atoms with van der Waals surface area (Å²) in [4.78, 5) is 20.3. The number of methoxy groups -OCH3 is 2. The number of rotatable bonds is 3. The molecule has 0 aliphatic heterocycles. The fraction of sp³-hybridized carbons (Fsp3) is 0.400. The van der Waals surface area contributed by atoms with Crippen LogP contribution in [-0.4, -0.2) is 26.2 Å². The molecule has 0 spiro atoms. The molecule has 0 aliphatic rings. The molecule has 0 radical (unpaired) electrons. The molecular weight excluding hydrogens is 184 g/mol. The first-order valence-electron chi connectivity index (χ1n) is 3.99. The Morgan fingerprint density at radius 2 is 1.79 bits per heavy atom. The Labute approximate surface area is 84.2 Å². The monoisotopic (exact) mass is 200 g/mol. The quantitative estimate of drug-likeness (QED) is 0.511. The molecule has 0 aromatic rings. The van der Waals surface area contributed by atoms with Crippen molar-refractivity contribution in [1.29, 1.82) is 0 Å². The summed E-state index contributed by atoms with van der Waals surface area (Å²) in [6.07, 6.45) is 1.77. The molecule has 0 saturated carbocycles. The van der Waals surface area contributed by atoms with Gasteiger partial charge in [0.15, 0.2) is 0 Å². The van der Waals surface area contributed by atoms with E-state index in [1.54, 1.807) is 0 Å². The van der Waals surface area contributed by atoms with E-state index in [0.29, 0.717) is 12.0 Å². The number of ether oxygens (including phenoxy) is 2. The summed E-state index contributed by atoms with van der Waals surface area (Å²) in [7, 11) is 2.66. The molecule has 0 atom stereocenters. The lowest BCUT2D eigenvalue weighted by Crippen LogP contribution is -2.01. The molecule has 14 heavy (non-hydrogen) atoms. The van der Waals surface area contributed by atoms with Crippen LogP contribution >= 0.6 is 0 Å². The molecule has 0 heterocycles. The first kappa shape index (κ1) is 14.9. The van der Waals surface area contributed by atoms with Crippen molar-refractivity contribution in [1.82, 2.24) is 0 Å². The minimum atomic E-state index is -0.394. The van der Waals surface area contributed by atoms with Crippen molar-refractivity contribution in [3.8, 4) is 0 Å². The van der Waals surface area contributed by atoms with Gasteiger partial charge in [-0.2, -0.15) is 0 Å². The summed E-state index contributed by atoms with van der Waals surface area (Å²) < 4.78 is 8.51. The van der Waals surface area contributed by atoms with Crippen molar-refractivity contribution in [2.24, 2.45) is 0 Å². The van der Waals surface area contributed by atoms with E-state index in [9.17, 15) is 9.59 Å². The molecule has 0 fully saturated rings. The van der Waals surface area contributed by atoms with Crippen molar-refractivity contribution in [2.75, 3.05) is 14.2 Å². The smallest absolute Gasteiger partial charge is 0.333 e. The fourth-order valence-corrected chi connectivity index (χ4v) is 0.372. The number of hydrogen-bond acceptors (Lipinski definition) is 4. The van der Waals surface area contributed by atoms with Gasteiger partial charge in [0.05, 0.1) is 14.2 Å². The van der Waals surface area contributed by atoms with Gasteiger partial charge in [-0.15, -0.1) is 0 Å². The van der Waals surface area contributed by atoms with Gasteiger partial charge in [0.25, 0.3) is 0 Å². The second-order valence-electron chi connectivity index (χ2n) is 2.18. The molecule has 0 aliphatic carbocycles. The lowest BCUT2D eigenvalue weighted by Gasteiger charge is -1.95. The normalized spacial score (nSPS) is 7.64. The molecule has 0 aromatic heterocycles. The van der Waals surface area contributed by atoms with Gasteiger partial charge in [-0.3, -0.25) is 0 Å². The predicted octanol–water partition coefficient (Wildman–Crippen LogP) is 1.47. The highest BCUT2D eigenvalue weighted by atomic mass is 16.5. The molecule has 0 aromatic carbocycles. The van der Waals surface area contributed by atoms with E-state index in [2.05, 4.69) is 22.6 Å². The van der Waals surface area contributed by atoms with Gasteiger partial charge >= 0.3 is 11.9 Å². The van der Waals surface area contributed by atoms with E-state index >= 15 is 0 Å². The third-order valence-corrected chi connectivity index (χ3v) is 1.27. The molecule has 0 N–H and O–H groups in total. The fourth-order valence-electron chi connectivity index (χ4n) is 0.372. The van der Waals surface area contributed by atoms with Crippen LogP contribution in [-0.2, 0) is 19.1 Å². The van der Waals surface area contributed by atoms with Crippen molar-refractivity contribution in [3.63, 3.8) is 0 Å². The summed E-state index contributed by atoms with van der Waals surface area (Å²) in [5, 5.41) is 0. The van der Waals surface area contributed by atoms with Gasteiger partial charge in [-0.05, 0) is 6.42 Å². The number of hydrogen-bond donors (Lipinski definition) is 0. The summed E-state index contributed by atoms with van der Waals surface area (Å²) >= 11 is 0. The van der Waals surface area contributed by atoms with Crippen LogP contribution in [0.15, 0.2) is 24.8 Å². The average Bonchev–Trinajstić information content (AvgIpc) is 2.26. The van der Waals surface area contributed by atoms with Crippen LogP contribution in [0.4, 0.5) is 0 Å². The van der Waals surface area contributed by atoms with Gasteiger partial charge in [-0.1, -0.05) is 20.1 Å². The van der Waals surface area contributed by atoms with Gasteiger partial charge in [-0.25, -0.2) is 9.59 Å². The van der Waals surface area contributed by atoms with E-state index in [0.717, 1.165) is 6.08 Å². The van der Waals surface area contributed by atoms with Crippen molar-refractivity contribution in [2.45, 2.75) is 13.3 Å². The second-order valence-corrected chi connectivity index (χ2v) is 2.18. The Kier molecular flexibility index (Phi) is 10.1. The lowest BCUT2D eigenvalue weighted by molar-refractivity contribution is -0.136. The maximum atomic E-state index is 10.4. The Bertz CT molecular complexity index is 204. The Hall–Kier alpha value is -1.58. The first-order valence-corrected chi connectivity index (χ1v) is 3.99. The highest BCUT2D eigenvalue weighted by molar-refractivity contribution is 5.87. The summed E-state index contributed by atoms with van der Waals surface area (Å²) in [5.41, 5.74) is 0.521. The van der Waals surface area contributed by atoms with Gasteiger partial charge < -0.3 is 9.47 Å². The molecule has 4 heteroatoms. The lowest BCUT2D eigenvalue weighted by atomic mass is 10.2. The van der Waals surface area contributed by atoms with E-state index in [1.165, 1.54) is 14.2 Å². The molecule has 0 rings (SSSR count). The molecule has 4 nitrogen and oxygen atoms in total. The molecule has 0 amide bonds. The van der Waals surface area contributed by atoms with Crippen molar-refractivity contribution in [3.05, 3.63) is 24.8 Å². The van der Waals surface area contributed by atoms with E-state index in [1.807, 2.05) is 6.92 Å². The standard InChI is InChI=1S/C6H10O2.C4H6O2/c1-4-5(2)6(7)8-3;1-3-4(5)6-2/h2,4H2,1,3H3;3H,1H2,2H3. The minimum absolute atomic E-state index is 0.312. The maximum Gasteiger partial charge on any atom is 0.333 e. The summed E-state index contributed by atoms with van der Waals surface area (Å²) in [6.45, 7) is 8.49. The Morgan fingerprint density at radius 1 is 1.29 bits per heavy atom. The van der Waals surface area contributed by atoms with Crippen molar-refractivity contribution >= 4 is 11.9 Å². The first-order chi connectivity index (χ1) is 6.53. The van der Waals surface area contributed by atoms with Crippen LogP contribution in [0.25, 0.3) is 0 Å². The molecule has 0 saturated heterocycles. The molecule has 0 bridgehead atoms. The van der Waals surface area contributed by atoms with Crippen LogP contribution in [0.2, 0.25) is 0 Å². The maximum absolute atomic E-state index is 10.4. The minimum Gasteiger partial charge on any atom is -0.466 e. The third-order valence-electron chi connectivity index (χ3n) is 1.27. The molecular formula is C10H16O4. The van der Waals surface area contributed by atoms with E-state index in [-0.39, 0.29) is 5.97 Å². The zero-order chi connectivity index (χ0) is 11.6.